The largest absolute Gasteiger partial charge is 0.504 e. The van der Waals surface area contributed by atoms with E-state index in [0.29, 0.717) is 12.0 Å². The maximum atomic E-state index is 12.0. The number of hydrogen-bond donors (Lipinski definition) is 2. The molecule has 0 fully saturated rings. The van der Waals surface area contributed by atoms with Crippen LogP contribution in [0, 0.1) is 0 Å². The van der Waals surface area contributed by atoms with Crippen molar-refractivity contribution in [2.45, 2.75) is 51.9 Å². The average molecular weight is 264 g/mol. The van der Waals surface area contributed by atoms with E-state index in [9.17, 15) is 9.90 Å². The van der Waals surface area contributed by atoms with Gasteiger partial charge in [0.25, 0.3) is 0 Å². The fraction of sp³-hybridized carbons (Fsp3) is 0.562. The van der Waals surface area contributed by atoms with Crippen molar-refractivity contribution >= 4 is 0 Å². The van der Waals surface area contributed by atoms with E-state index in [-0.39, 0.29) is 23.7 Å². The lowest BCUT2D eigenvalue weighted by Gasteiger charge is -2.00. The quantitative estimate of drug-likeness (QED) is 0.744. The average Bonchev–Trinajstić information content (AvgIpc) is 2.51. The van der Waals surface area contributed by atoms with Gasteiger partial charge in [-0.25, -0.2) is 0 Å². The van der Waals surface area contributed by atoms with Crippen LogP contribution in [-0.4, -0.2) is 16.8 Å². The van der Waals surface area contributed by atoms with Crippen LogP contribution < -0.4 is 5.43 Å². The third-order valence-corrected chi connectivity index (χ3v) is 3.33. The van der Waals surface area contributed by atoms with E-state index in [0.717, 1.165) is 31.2 Å². The summed E-state index contributed by atoms with van der Waals surface area (Å²) in [5, 5.41) is 18.5. The number of aliphatic hydroxyl groups excluding tert-OH is 1. The first-order valence-electron chi connectivity index (χ1n) is 7.03. The van der Waals surface area contributed by atoms with E-state index in [1.165, 1.54) is 0 Å². The highest BCUT2D eigenvalue weighted by atomic mass is 16.3. The second kappa shape index (κ2) is 7.95. The molecule has 0 radical (unpaired) electrons. The molecule has 0 atom stereocenters. The Bertz CT molecular complexity index is 452. The van der Waals surface area contributed by atoms with Gasteiger partial charge in [-0.3, -0.25) is 4.79 Å². The Labute approximate surface area is 114 Å². The first kappa shape index (κ1) is 15.7. The summed E-state index contributed by atoms with van der Waals surface area (Å²) in [5.41, 5.74) is 1.39. The van der Waals surface area contributed by atoms with Crippen LogP contribution in [0.5, 0.6) is 5.75 Å². The van der Waals surface area contributed by atoms with Crippen molar-refractivity contribution in [2.24, 2.45) is 0 Å². The molecular formula is C16H24O3. The Kier molecular flexibility index (Phi) is 6.57. The fourth-order valence-corrected chi connectivity index (χ4v) is 2.05. The molecule has 0 aliphatic heterocycles. The zero-order valence-electron chi connectivity index (χ0n) is 11.9. The Balaban J connectivity index is 2.76. The van der Waals surface area contributed by atoms with Crippen LogP contribution >= 0.6 is 0 Å². The minimum absolute atomic E-state index is 0.154. The predicted octanol–water partition coefficient (Wildman–Crippen LogP) is 2.97. The van der Waals surface area contributed by atoms with Crippen molar-refractivity contribution in [1.82, 2.24) is 0 Å². The van der Waals surface area contributed by atoms with Crippen molar-refractivity contribution in [1.29, 1.82) is 0 Å². The molecule has 0 spiro atoms. The smallest absolute Gasteiger partial charge is 0.223 e. The second-order valence-corrected chi connectivity index (χ2v) is 5.26. The summed E-state index contributed by atoms with van der Waals surface area (Å²) < 4.78 is 0. The highest BCUT2D eigenvalue weighted by molar-refractivity contribution is 5.32. The zero-order chi connectivity index (χ0) is 14.3. The Morgan fingerprint density at radius 2 is 1.79 bits per heavy atom. The van der Waals surface area contributed by atoms with Gasteiger partial charge in [0, 0.05) is 12.2 Å². The monoisotopic (exact) mass is 264 g/mol. The molecule has 3 heteroatoms. The lowest BCUT2D eigenvalue weighted by molar-refractivity contribution is 0.282. The molecule has 0 saturated heterocycles. The summed E-state index contributed by atoms with van der Waals surface area (Å²) in [6, 6.07) is 5.33. The lowest BCUT2D eigenvalue weighted by Crippen LogP contribution is -2.05. The fourth-order valence-electron chi connectivity index (χ4n) is 2.05. The molecule has 0 aliphatic rings. The van der Waals surface area contributed by atoms with Gasteiger partial charge in [-0.15, -0.1) is 0 Å². The van der Waals surface area contributed by atoms with Gasteiger partial charge in [-0.2, -0.15) is 0 Å². The molecule has 1 aromatic carbocycles. The maximum absolute atomic E-state index is 12.0. The van der Waals surface area contributed by atoms with Crippen LogP contribution in [0.1, 0.15) is 56.6 Å². The Hall–Kier alpha value is -1.35. The van der Waals surface area contributed by atoms with E-state index >= 15 is 0 Å². The highest BCUT2D eigenvalue weighted by Crippen LogP contribution is 2.17. The van der Waals surface area contributed by atoms with Gasteiger partial charge in [-0.1, -0.05) is 38.8 Å². The van der Waals surface area contributed by atoms with E-state index in [1.807, 2.05) is 26.0 Å². The molecule has 0 unspecified atom stereocenters. The molecule has 3 nitrogen and oxygen atoms in total. The maximum Gasteiger partial charge on any atom is 0.223 e. The molecule has 0 aliphatic carbocycles. The van der Waals surface area contributed by atoms with Gasteiger partial charge >= 0.3 is 0 Å². The molecule has 19 heavy (non-hydrogen) atoms. The predicted molar refractivity (Wildman–Crippen MR) is 77.7 cm³/mol. The van der Waals surface area contributed by atoms with Crippen LogP contribution in [-0.2, 0) is 6.42 Å². The van der Waals surface area contributed by atoms with Crippen molar-refractivity contribution < 1.29 is 10.2 Å². The number of rotatable bonds is 7. The Morgan fingerprint density at radius 3 is 2.42 bits per heavy atom. The molecule has 106 valence electrons. The summed E-state index contributed by atoms with van der Waals surface area (Å²) in [7, 11) is 0. The summed E-state index contributed by atoms with van der Waals surface area (Å²) in [4.78, 5) is 12.0. The topological polar surface area (TPSA) is 57.5 Å². The summed E-state index contributed by atoms with van der Waals surface area (Å²) >= 11 is 0. The minimum atomic E-state index is -0.256. The number of hydrogen-bond acceptors (Lipinski definition) is 3. The standard InChI is InChI=1S/C16H24O3/c1-12(2)14-9-8-13(16(19)15(18)11-14)7-5-3-4-6-10-17/h8-9,11-12,17H,3-7,10H2,1-2H3,(H,18,19). The molecule has 2 N–H and O–H groups in total. The van der Waals surface area contributed by atoms with E-state index in [1.54, 1.807) is 6.07 Å². The van der Waals surface area contributed by atoms with Gasteiger partial charge < -0.3 is 10.2 Å². The first-order valence-corrected chi connectivity index (χ1v) is 7.03. The van der Waals surface area contributed by atoms with Crippen molar-refractivity contribution in [2.75, 3.05) is 6.61 Å². The number of aliphatic hydroxyl groups is 1. The number of aromatic hydroxyl groups is 1. The van der Waals surface area contributed by atoms with Crippen molar-refractivity contribution in [3.05, 3.63) is 39.5 Å². The molecule has 1 aromatic rings. The van der Waals surface area contributed by atoms with Gasteiger partial charge in [0.1, 0.15) is 0 Å². The normalized spacial score (nSPS) is 10.9. The van der Waals surface area contributed by atoms with Crippen LogP contribution in [0.3, 0.4) is 0 Å². The SMILES string of the molecule is CC(C)c1ccc(CCCCCCO)c(=O)c(O)c1. The van der Waals surface area contributed by atoms with Crippen LogP contribution in [0.2, 0.25) is 0 Å². The first-order chi connectivity index (χ1) is 9.06. The zero-order valence-corrected chi connectivity index (χ0v) is 11.9. The molecular weight excluding hydrogens is 240 g/mol. The lowest BCUT2D eigenvalue weighted by atomic mass is 10.1. The second-order valence-electron chi connectivity index (χ2n) is 5.26. The van der Waals surface area contributed by atoms with Crippen LogP contribution in [0.15, 0.2) is 23.0 Å². The minimum Gasteiger partial charge on any atom is -0.504 e. The van der Waals surface area contributed by atoms with Crippen molar-refractivity contribution in [3.8, 4) is 5.75 Å². The number of unbranched alkanes of at least 4 members (excludes halogenated alkanes) is 3. The molecule has 0 heterocycles. The molecule has 0 amide bonds. The molecule has 0 saturated carbocycles. The molecule has 0 aromatic heterocycles. The Morgan fingerprint density at radius 1 is 1.11 bits per heavy atom. The summed E-state index contributed by atoms with van der Waals surface area (Å²) in [6.45, 7) is 4.30. The highest BCUT2D eigenvalue weighted by Gasteiger charge is 2.06. The molecule has 0 bridgehead atoms. The number of aryl methyl sites for hydroxylation is 1. The van der Waals surface area contributed by atoms with Gasteiger partial charge in [-0.05, 0) is 36.8 Å². The summed E-state index contributed by atoms with van der Waals surface area (Å²) in [6.07, 6.45) is 4.39. The summed E-state index contributed by atoms with van der Waals surface area (Å²) in [5.74, 6) is 0.133. The van der Waals surface area contributed by atoms with E-state index < -0.39 is 0 Å². The van der Waals surface area contributed by atoms with E-state index in [2.05, 4.69) is 0 Å². The van der Waals surface area contributed by atoms with Crippen LogP contribution in [0.25, 0.3) is 0 Å². The molecule has 1 rings (SSSR count). The van der Waals surface area contributed by atoms with Gasteiger partial charge in [0.2, 0.25) is 5.43 Å². The van der Waals surface area contributed by atoms with E-state index in [4.69, 9.17) is 5.11 Å². The van der Waals surface area contributed by atoms with Gasteiger partial charge in [0.05, 0.1) is 0 Å². The third-order valence-electron chi connectivity index (χ3n) is 3.33. The van der Waals surface area contributed by atoms with Crippen molar-refractivity contribution in [3.63, 3.8) is 0 Å². The van der Waals surface area contributed by atoms with Gasteiger partial charge in [0.15, 0.2) is 5.75 Å². The third kappa shape index (κ3) is 5.03. The van der Waals surface area contributed by atoms with Crippen LogP contribution in [0.4, 0.5) is 0 Å².